The molecule has 2 aromatic carbocycles. The van der Waals surface area contributed by atoms with Crippen molar-refractivity contribution >= 4 is 10.0 Å². The lowest BCUT2D eigenvalue weighted by Crippen LogP contribution is -2.34. The lowest BCUT2D eigenvalue weighted by molar-refractivity contribution is 0.466. The molecule has 0 saturated carbocycles. The highest BCUT2D eigenvalue weighted by molar-refractivity contribution is 7.89. The zero-order valence-corrected chi connectivity index (χ0v) is 18.6. The average Bonchev–Trinajstić information content (AvgIpc) is 2.72. The number of rotatable bonds is 10. The van der Waals surface area contributed by atoms with Gasteiger partial charge in [0.15, 0.2) is 0 Å². The zero-order valence-electron chi connectivity index (χ0n) is 17.7. The molecule has 2 atom stereocenters. The molecule has 0 aromatic heterocycles. The Morgan fingerprint density at radius 1 is 1.13 bits per heavy atom. The summed E-state index contributed by atoms with van der Waals surface area (Å²) >= 11 is 0. The molecule has 0 radical (unpaired) electrons. The Hall–Kier alpha value is -1.76. The van der Waals surface area contributed by atoms with Gasteiger partial charge >= 0.3 is 0 Å². The van der Waals surface area contributed by atoms with E-state index in [1.807, 2.05) is 13.0 Å². The minimum atomic E-state index is -3.16. The van der Waals surface area contributed by atoms with Crippen LogP contribution in [0.1, 0.15) is 60.8 Å². The number of unbranched alkanes of at least 4 members (excludes halogenated alkanes) is 1. The smallest absolute Gasteiger partial charge is 0.211 e. The van der Waals surface area contributed by atoms with Crippen molar-refractivity contribution in [2.75, 3.05) is 12.3 Å². The minimum absolute atomic E-state index is 0.0568. The molecule has 1 aliphatic rings. The molecule has 0 amide bonds. The first-order chi connectivity index (χ1) is 14.4. The van der Waals surface area contributed by atoms with E-state index in [2.05, 4.69) is 22.9 Å². The Bertz CT molecular complexity index is 946. The molecule has 6 heteroatoms. The number of sulfonamides is 1. The van der Waals surface area contributed by atoms with Gasteiger partial charge in [-0.05, 0) is 72.9 Å². The van der Waals surface area contributed by atoms with Gasteiger partial charge in [0.25, 0.3) is 0 Å². The van der Waals surface area contributed by atoms with Crippen molar-refractivity contribution in [2.45, 2.75) is 63.8 Å². The van der Waals surface area contributed by atoms with Gasteiger partial charge in [0.2, 0.25) is 10.0 Å². The van der Waals surface area contributed by atoms with Gasteiger partial charge in [-0.15, -0.1) is 0 Å². The predicted molar refractivity (Wildman–Crippen MR) is 121 cm³/mol. The topological polar surface area (TPSA) is 72.2 Å². The number of fused-ring (bicyclic) bond motifs is 1. The largest absolute Gasteiger partial charge is 0.327 e. The summed E-state index contributed by atoms with van der Waals surface area (Å²) < 4.78 is 40.2. The van der Waals surface area contributed by atoms with E-state index in [0.29, 0.717) is 13.0 Å². The summed E-state index contributed by atoms with van der Waals surface area (Å²) in [5.41, 5.74) is 11.2. The quantitative estimate of drug-likeness (QED) is 0.556. The molecule has 2 unspecified atom stereocenters. The van der Waals surface area contributed by atoms with Crippen molar-refractivity contribution in [3.05, 3.63) is 70.5 Å². The highest BCUT2D eigenvalue weighted by Crippen LogP contribution is 2.34. The molecule has 0 aliphatic heterocycles. The maximum atomic E-state index is 13.6. The number of aryl methyl sites for hydroxylation is 2. The van der Waals surface area contributed by atoms with Crippen molar-refractivity contribution in [1.82, 2.24) is 4.72 Å². The van der Waals surface area contributed by atoms with Crippen LogP contribution in [-0.4, -0.2) is 26.8 Å². The first-order valence-electron chi connectivity index (χ1n) is 11.0. The first-order valence-corrected chi connectivity index (χ1v) is 12.6. The van der Waals surface area contributed by atoms with Crippen LogP contribution in [0.25, 0.3) is 0 Å². The van der Waals surface area contributed by atoms with E-state index >= 15 is 0 Å². The molecule has 3 N–H and O–H groups in total. The Morgan fingerprint density at radius 3 is 2.73 bits per heavy atom. The van der Waals surface area contributed by atoms with E-state index in [-0.39, 0.29) is 23.5 Å². The lowest BCUT2D eigenvalue weighted by Gasteiger charge is -2.32. The summed E-state index contributed by atoms with van der Waals surface area (Å²) in [5.74, 6) is 0.150. The summed E-state index contributed by atoms with van der Waals surface area (Å²) in [6.07, 6.45) is 5.75. The Kier molecular flexibility index (Phi) is 8.03. The highest BCUT2D eigenvalue weighted by Gasteiger charge is 2.27. The van der Waals surface area contributed by atoms with E-state index in [4.69, 9.17) is 5.73 Å². The Morgan fingerprint density at radius 2 is 1.97 bits per heavy atom. The SMILES string of the molecule is CCCCS(=O)(=O)NCCCc1ccc2c(c1)C(Cc1cccc(F)c1)C(N)CC2. The number of hydrogen-bond acceptors (Lipinski definition) is 3. The molecule has 0 fully saturated rings. The van der Waals surface area contributed by atoms with Crippen LogP contribution in [0.2, 0.25) is 0 Å². The number of nitrogens with one attached hydrogen (secondary N) is 1. The van der Waals surface area contributed by atoms with Gasteiger partial charge in [-0.3, -0.25) is 0 Å². The molecule has 164 valence electrons. The molecule has 0 heterocycles. The van der Waals surface area contributed by atoms with Crippen molar-refractivity contribution in [3.63, 3.8) is 0 Å². The van der Waals surface area contributed by atoms with Crippen LogP contribution in [0.3, 0.4) is 0 Å². The highest BCUT2D eigenvalue weighted by atomic mass is 32.2. The van der Waals surface area contributed by atoms with Crippen LogP contribution in [0.4, 0.5) is 4.39 Å². The molecule has 30 heavy (non-hydrogen) atoms. The second kappa shape index (κ2) is 10.5. The standard InChI is InChI=1S/C24H33FN2O2S/c1-2-3-14-30(28,29)27-13-5-7-18-9-10-20-11-12-24(26)23(22(20)16-18)17-19-6-4-8-21(25)15-19/h4,6,8-10,15-16,23-24,27H,2-3,5,7,11-14,17,26H2,1H3. The lowest BCUT2D eigenvalue weighted by atomic mass is 9.76. The van der Waals surface area contributed by atoms with E-state index < -0.39 is 10.0 Å². The van der Waals surface area contributed by atoms with Gasteiger partial charge in [0.05, 0.1) is 5.75 Å². The average molecular weight is 433 g/mol. The van der Waals surface area contributed by atoms with Gasteiger partial charge in [-0.25, -0.2) is 17.5 Å². The summed E-state index contributed by atoms with van der Waals surface area (Å²) in [6, 6.07) is 13.4. The Labute approximate surface area is 180 Å². The molecule has 4 nitrogen and oxygen atoms in total. The third-order valence-corrected chi connectivity index (χ3v) is 7.42. The van der Waals surface area contributed by atoms with Crippen molar-refractivity contribution in [3.8, 4) is 0 Å². The molecular weight excluding hydrogens is 399 g/mol. The first kappa shape index (κ1) is 22.9. The summed E-state index contributed by atoms with van der Waals surface area (Å²) in [7, 11) is -3.16. The third kappa shape index (κ3) is 6.37. The number of benzene rings is 2. The normalized spacial score (nSPS) is 18.9. The van der Waals surface area contributed by atoms with Crippen LogP contribution >= 0.6 is 0 Å². The van der Waals surface area contributed by atoms with E-state index in [9.17, 15) is 12.8 Å². The molecule has 0 spiro atoms. The molecule has 2 aromatic rings. The maximum Gasteiger partial charge on any atom is 0.211 e. The fraction of sp³-hybridized carbons (Fsp3) is 0.500. The van der Waals surface area contributed by atoms with Crippen molar-refractivity contribution < 1.29 is 12.8 Å². The fourth-order valence-electron chi connectivity index (χ4n) is 4.23. The summed E-state index contributed by atoms with van der Waals surface area (Å²) in [6.45, 7) is 2.44. The van der Waals surface area contributed by atoms with Crippen molar-refractivity contribution in [2.24, 2.45) is 5.73 Å². The van der Waals surface area contributed by atoms with Gasteiger partial charge in [-0.2, -0.15) is 0 Å². The minimum Gasteiger partial charge on any atom is -0.327 e. The van der Waals surface area contributed by atoms with Gasteiger partial charge in [-0.1, -0.05) is 43.7 Å². The molecule has 0 saturated heterocycles. The third-order valence-electron chi connectivity index (χ3n) is 5.95. The second-order valence-electron chi connectivity index (χ2n) is 8.35. The molecular formula is C24H33FN2O2S. The van der Waals surface area contributed by atoms with Gasteiger partial charge < -0.3 is 5.73 Å². The second-order valence-corrected chi connectivity index (χ2v) is 10.3. The monoisotopic (exact) mass is 432 g/mol. The number of hydrogen-bond donors (Lipinski definition) is 2. The van der Waals surface area contributed by atoms with E-state index in [0.717, 1.165) is 44.1 Å². The predicted octanol–water partition coefficient (Wildman–Crippen LogP) is 4.08. The molecule has 1 aliphatic carbocycles. The Balaban J connectivity index is 1.65. The van der Waals surface area contributed by atoms with E-state index in [1.165, 1.54) is 22.8 Å². The molecule has 3 rings (SSSR count). The van der Waals surface area contributed by atoms with Crippen LogP contribution in [0, 0.1) is 5.82 Å². The molecule has 0 bridgehead atoms. The van der Waals surface area contributed by atoms with Crippen LogP contribution in [-0.2, 0) is 29.3 Å². The van der Waals surface area contributed by atoms with Crippen LogP contribution < -0.4 is 10.5 Å². The number of nitrogens with two attached hydrogens (primary N) is 1. The summed E-state index contributed by atoms with van der Waals surface area (Å²) in [5, 5.41) is 0. The number of halogens is 1. The van der Waals surface area contributed by atoms with Gasteiger partial charge in [0.1, 0.15) is 5.82 Å². The van der Waals surface area contributed by atoms with E-state index in [1.54, 1.807) is 12.1 Å². The van der Waals surface area contributed by atoms with Crippen molar-refractivity contribution in [1.29, 1.82) is 0 Å². The summed E-state index contributed by atoms with van der Waals surface area (Å²) in [4.78, 5) is 0. The van der Waals surface area contributed by atoms with Crippen LogP contribution in [0.5, 0.6) is 0 Å². The van der Waals surface area contributed by atoms with Crippen LogP contribution in [0.15, 0.2) is 42.5 Å². The van der Waals surface area contributed by atoms with Gasteiger partial charge in [0, 0.05) is 18.5 Å². The fourth-order valence-corrected chi connectivity index (χ4v) is 5.50. The zero-order chi connectivity index (χ0) is 21.6. The maximum absolute atomic E-state index is 13.6.